The Hall–Kier alpha value is -8.46. The number of anilines is 3. The highest BCUT2D eigenvalue weighted by Crippen LogP contribution is 2.55. The van der Waals surface area contributed by atoms with Gasteiger partial charge in [0.05, 0.1) is 22.4 Å². The van der Waals surface area contributed by atoms with Gasteiger partial charge in [0.1, 0.15) is 0 Å². The fourth-order valence-corrected chi connectivity index (χ4v) is 11.1. The van der Waals surface area contributed by atoms with Gasteiger partial charge in [-0.3, -0.25) is 0 Å². The predicted octanol–water partition coefficient (Wildman–Crippen LogP) is 17.9. The van der Waals surface area contributed by atoms with Gasteiger partial charge >= 0.3 is 0 Å². The summed E-state index contributed by atoms with van der Waals surface area (Å²) in [5.74, 6) is 0. The molecule has 0 aliphatic heterocycles. The molecule has 11 aromatic carbocycles. The molecule has 0 spiro atoms. The fourth-order valence-electron chi connectivity index (χ4n) is 11.1. The second-order valence-corrected chi connectivity index (χ2v) is 18.5. The average Bonchev–Trinajstić information content (AvgIpc) is 3.85. The maximum atomic E-state index is 2.57. The molecule has 0 unspecified atom stereocenters. The van der Waals surface area contributed by atoms with Crippen LogP contribution in [0.15, 0.2) is 243 Å². The topological polar surface area (TPSA) is 8.17 Å². The van der Waals surface area contributed by atoms with Crippen molar-refractivity contribution < 1.29 is 0 Å². The zero-order valence-electron chi connectivity index (χ0n) is 37.5. The summed E-state index contributed by atoms with van der Waals surface area (Å²) in [5.41, 5.74) is 19.2. The van der Waals surface area contributed by atoms with Crippen molar-refractivity contribution in [2.45, 2.75) is 19.3 Å². The van der Waals surface area contributed by atoms with Crippen LogP contribution in [0.1, 0.15) is 25.0 Å². The molecule has 0 atom stereocenters. The van der Waals surface area contributed by atoms with E-state index < -0.39 is 0 Å². The number of rotatable bonds is 7. The molecule has 0 amide bonds. The number of hydrogen-bond acceptors (Lipinski definition) is 1. The van der Waals surface area contributed by atoms with Crippen LogP contribution in [-0.4, -0.2) is 4.57 Å². The zero-order valence-corrected chi connectivity index (χ0v) is 37.5. The number of nitrogens with zero attached hydrogens (tertiary/aromatic N) is 2. The van der Waals surface area contributed by atoms with Crippen molar-refractivity contribution in [1.82, 2.24) is 4.57 Å². The number of aromatic nitrogens is 1. The molecule has 1 heterocycles. The van der Waals surface area contributed by atoms with Gasteiger partial charge in [-0.05, 0) is 121 Å². The Morgan fingerprint density at radius 2 is 0.896 bits per heavy atom. The third-order valence-corrected chi connectivity index (χ3v) is 14.4. The van der Waals surface area contributed by atoms with Crippen molar-refractivity contribution in [1.29, 1.82) is 0 Å². The van der Waals surface area contributed by atoms with Gasteiger partial charge in [-0.25, -0.2) is 0 Å². The highest BCUT2D eigenvalue weighted by molar-refractivity contribution is 6.17. The van der Waals surface area contributed by atoms with Crippen LogP contribution in [0.3, 0.4) is 0 Å². The molecule has 0 N–H and O–H groups in total. The molecule has 1 aliphatic carbocycles. The molecule has 1 aliphatic rings. The van der Waals surface area contributed by atoms with E-state index in [2.05, 4.69) is 266 Å². The highest BCUT2D eigenvalue weighted by atomic mass is 15.1. The lowest BCUT2D eigenvalue weighted by atomic mass is 9.82. The predicted molar refractivity (Wildman–Crippen MR) is 284 cm³/mol. The van der Waals surface area contributed by atoms with Crippen molar-refractivity contribution in [2.24, 2.45) is 0 Å². The first-order chi connectivity index (χ1) is 33.0. The molecule has 0 fully saturated rings. The summed E-state index contributed by atoms with van der Waals surface area (Å²) in [4.78, 5) is 2.46. The van der Waals surface area contributed by atoms with E-state index in [9.17, 15) is 0 Å². The first-order valence-corrected chi connectivity index (χ1v) is 23.3. The number of fused-ring (bicyclic) bond motifs is 8. The Morgan fingerprint density at radius 1 is 0.358 bits per heavy atom. The van der Waals surface area contributed by atoms with Crippen molar-refractivity contribution in [3.8, 4) is 50.2 Å². The van der Waals surface area contributed by atoms with Gasteiger partial charge in [0.25, 0.3) is 0 Å². The SMILES string of the molecule is CC1(C)c2ccccc2-c2c1ccc(-c1ccccc1)c2-n1c2ccccc2c2c(N(c3ccc(-c4ccc5ccccc5c4)cc3)c3ccc(-c4ccc5ccccc5c4)cc3)cccc21. The van der Waals surface area contributed by atoms with E-state index in [-0.39, 0.29) is 5.41 Å². The third-order valence-electron chi connectivity index (χ3n) is 14.4. The molecule has 13 rings (SSSR count). The summed E-state index contributed by atoms with van der Waals surface area (Å²) >= 11 is 0. The van der Waals surface area contributed by atoms with Gasteiger partial charge in [0, 0.05) is 38.7 Å². The standard InChI is InChI=1S/C65H46N2/c1-65(2)57-23-12-10-21-55(57)62-58(65)40-39-54(47-17-4-3-5-18-47)64(62)67-59-24-13-11-22-56(59)63-60(25-14-26-61(63)67)66(52-35-31-45(32-36-52)50-29-27-43-15-6-8-19-48(43)41-50)53-37-33-46(34-38-53)51-30-28-44-16-7-9-20-49(44)42-51/h3-42H,1-2H3. The van der Waals surface area contributed by atoms with E-state index in [0.717, 1.165) is 22.6 Å². The summed E-state index contributed by atoms with van der Waals surface area (Å²) < 4.78 is 2.57. The molecular formula is C65H46N2. The first kappa shape index (κ1) is 39.0. The van der Waals surface area contributed by atoms with Gasteiger partial charge in [-0.1, -0.05) is 202 Å². The van der Waals surface area contributed by atoms with Gasteiger partial charge in [-0.2, -0.15) is 0 Å². The second-order valence-electron chi connectivity index (χ2n) is 18.5. The van der Waals surface area contributed by atoms with Crippen LogP contribution >= 0.6 is 0 Å². The highest BCUT2D eigenvalue weighted by Gasteiger charge is 2.38. The lowest BCUT2D eigenvalue weighted by Gasteiger charge is -2.27. The Balaban J connectivity index is 1.05. The van der Waals surface area contributed by atoms with Crippen LogP contribution in [0, 0.1) is 0 Å². The van der Waals surface area contributed by atoms with Crippen LogP contribution in [0.25, 0.3) is 93.5 Å². The molecular weight excluding hydrogens is 809 g/mol. The fraction of sp³-hybridized carbons (Fsp3) is 0.0462. The Bertz CT molecular complexity index is 3750. The third kappa shape index (κ3) is 6.25. The summed E-state index contributed by atoms with van der Waals surface area (Å²) in [6, 6.07) is 89.5. The number of hydrogen-bond donors (Lipinski definition) is 0. The minimum absolute atomic E-state index is 0.158. The van der Waals surface area contributed by atoms with Crippen LogP contribution in [-0.2, 0) is 5.41 Å². The van der Waals surface area contributed by atoms with E-state index in [0.29, 0.717) is 0 Å². The van der Waals surface area contributed by atoms with E-state index in [1.54, 1.807) is 0 Å². The summed E-state index contributed by atoms with van der Waals surface area (Å²) in [6.45, 7) is 4.75. The van der Waals surface area contributed by atoms with Crippen LogP contribution < -0.4 is 4.90 Å². The molecule has 0 radical (unpaired) electrons. The molecule has 316 valence electrons. The minimum Gasteiger partial charge on any atom is -0.310 e. The Labute approximate surface area is 391 Å². The summed E-state index contributed by atoms with van der Waals surface area (Å²) in [7, 11) is 0. The van der Waals surface area contributed by atoms with Crippen molar-refractivity contribution in [2.75, 3.05) is 4.90 Å². The lowest BCUT2D eigenvalue weighted by molar-refractivity contribution is 0.660. The van der Waals surface area contributed by atoms with Crippen molar-refractivity contribution in [3.63, 3.8) is 0 Å². The van der Waals surface area contributed by atoms with E-state index in [1.165, 1.54) is 99.2 Å². The molecule has 0 bridgehead atoms. The molecule has 0 saturated heterocycles. The minimum atomic E-state index is -0.158. The molecule has 2 nitrogen and oxygen atoms in total. The molecule has 1 aromatic heterocycles. The van der Waals surface area contributed by atoms with Crippen molar-refractivity contribution in [3.05, 3.63) is 254 Å². The lowest BCUT2D eigenvalue weighted by Crippen LogP contribution is -2.15. The molecule has 0 saturated carbocycles. The largest absolute Gasteiger partial charge is 0.310 e. The monoisotopic (exact) mass is 854 g/mol. The Kier molecular flexibility index (Phi) is 8.91. The van der Waals surface area contributed by atoms with E-state index in [4.69, 9.17) is 0 Å². The van der Waals surface area contributed by atoms with Gasteiger partial charge in [0.15, 0.2) is 0 Å². The zero-order chi connectivity index (χ0) is 44.6. The molecule has 12 aromatic rings. The molecule has 2 heteroatoms. The van der Waals surface area contributed by atoms with Crippen LogP contribution in [0.5, 0.6) is 0 Å². The van der Waals surface area contributed by atoms with Gasteiger partial charge < -0.3 is 9.47 Å². The van der Waals surface area contributed by atoms with Crippen molar-refractivity contribution >= 4 is 60.4 Å². The van der Waals surface area contributed by atoms with Crippen LogP contribution in [0.2, 0.25) is 0 Å². The normalized spacial score (nSPS) is 12.7. The maximum absolute atomic E-state index is 2.57. The number of benzene rings is 11. The molecule has 67 heavy (non-hydrogen) atoms. The van der Waals surface area contributed by atoms with Crippen LogP contribution in [0.4, 0.5) is 17.1 Å². The average molecular weight is 855 g/mol. The quantitative estimate of drug-likeness (QED) is 0.155. The Morgan fingerprint density at radius 3 is 1.55 bits per heavy atom. The second kappa shape index (κ2) is 15.3. The number of para-hydroxylation sites is 1. The summed E-state index contributed by atoms with van der Waals surface area (Å²) in [6.07, 6.45) is 0. The van der Waals surface area contributed by atoms with Gasteiger partial charge in [-0.15, -0.1) is 0 Å². The van der Waals surface area contributed by atoms with E-state index in [1.807, 2.05) is 0 Å². The maximum Gasteiger partial charge on any atom is 0.0622 e. The van der Waals surface area contributed by atoms with Gasteiger partial charge in [0.2, 0.25) is 0 Å². The smallest absolute Gasteiger partial charge is 0.0622 e. The first-order valence-electron chi connectivity index (χ1n) is 23.3. The van der Waals surface area contributed by atoms with E-state index >= 15 is 0 Å². The summed E-state index contributed by atoms with van der Waals surface area (Å²) in [5, 5.41) is 7.40.